The first-order valence-corrected chi connectivity index (χ1v) is 35.4. The van der Waals surface area contributed by atoms with Crippen LogP contribution in [0.4, 0.5) is 0 Å². The predicted molar refractivity (Wildman–Crippen MR) is 384 cm³/mol. The molecule has 7 unspecified atom stereocenters. The molecule has 1 aliphatic rings. The molecule has 36 nitrogen and oxygen atoms in total. The topological polar surface area (TPSA) is 527 Å². The van der Waals surface area contributed by atoms with Crippen molar-refractivity contribution in [3.63, 3.8) is 0 Å². The Morgan fingerprint density at radius 2 is 1.17 bits per heavy atom. The maximum atomic E-state index is 14.5. The number of imidazole rings is 1. The smallest absolute Gasteiger partial charge is 0.317 e. The number of carboxylic acid groups (broad SMARTS) is 3. The highest BCUT2D eigenvalue weighted by atomic mass is 32.2. The summed E-state index contributed by atoms with van der Waals surface area (Å²) >= 11 is 1.45. The minimum Gasteiger partial charge on any atom is -0.496 e. The molecule has 11 amide bonds. The number of benzene rings is 2. The minimum atomic E-state index is -1.69. The Bertz CT molecular complexity index is 3670. The highest BCUT2D eigenvalue weighted by Gasteiger charge is 2.34. The second-order valence-corrected chi connectivity index (χ2v) is 26.9. The highest BCUT2D eigenvalue weighted by Crippen LogP contribution is 2.22. The van der Waals surface area contributed by atoms with Gasteiger partial charge in [0.05, 0.1) is 46.2 Å². The quantitative estimate of drug-likeness (QED) is 0.0193. The summed E-state index contributed by atoms with van der Waals surface area (Å²) in [6, 6.07) is 1.89. The van der Waals surface area contributed by atoms with E-state index in [1.807, 2.05) is 20.1 Å². The zero-order valence-corrected chi connectivity index (χ0v) is 60.6. The van der Waals surface area contributed by atoms with Gasteiger partial charge in [-0.1, -0.05) is 52.0 Å². The van der Waals surface area contributed by atoms with E-state index < -0.39 is 138 Å². The van der Waals surface area contributed by atoms with Crippen molar-refractivity contribution >= 4 is 106 Å². The maximum Gasteiger partial charge on any atom is 0.317 e. The van der Waals surface area contributed by atoms with Crippen molar-refractivity contribution in [1.29, 1.82) is 0 Å². The van der Waals surface area contributed by atoms with Gasteiger partial charge in [0.2, 0.25) is 59.1 Å². The standard InChI is InChI=1S/C68H98N18O18S/c1-39(2)26-50(66(101)78-48(61(70)96)16-25-105-7)80-67(102)52(29-45-32-71-38-75-45)77-55(88)33-74-68(103)60(40(3)4)82-62(97)41(5)76-65(100)51(27-44-31-72-47-11-9-8-10-46(44)47)81-64(99)49(14-15-54(69)87)79-63(98)42-12-13-43(53(28-42)104-6)30-73-56(89)34-83-17-19-84(35-57(90)91)21-23-86(37-59(94)95)24-22-85(20-18-83)36-58(92)93/h8-15,28,31-32,38-41,48-52,60,72H,16-27,29-30,33-37H2,1-7H3,(H2,69,87)(H2,70,96)(H,71,75)(H,73,89)(H,74,103)(H,76,100)(H,77,88)(H,78,101)(H,79,98)(H,80,102)(H,81,99)(H,82,97)(H,90,91)(H,92,93)(H,94,95)/b15-14+. The minimum absolute atomic E-state index is 0.0659. The van der Waals surface area contributed by atoms with E-state index in [9.17, 15) is 82.4 Å². The lowest BCUT2D eigenvalue weighted by atomic mass is 10.0. The fourth-order valence-corrected chi connectivity index (χ4v) is 11.7. The van der Waals surface area contributed by atoms with Crippen LogP contribution in [0.1, 0.15) is 74.6 Å². The number of fused-ring (bicyclic) bond motifs is 1. The number of amides is 11. The van der Waals surface area contributed by atoms with E-state index >= 15 is 0 Å². The molecule has 37 heteroatoms. The second kappa shape index (κ2) is 42.9. The van der Waals surface area contributed by atoms with Crippen LogP contribution in [-0.2, 0) is 81.7 Å². The van der Waals surface area contributed by atoms with Crippen LogP contribution >= 0.6 is 11.8 Å². The monoisotopic (exact) mass is 1490 g/mol. The lowest BCUT2D eigenvalue weighted by molar-refractivity contribution is -0.140. The van der Waals surface area contributed by atoms with E-state index in [0.29, 0.717) is 33.5 Å². The number of para-hydroxylation sites is 1. The van der Waals surface area contributed by atoms with Crippen molar-refractivity contribution in [2.24, 2.45) is 23.3 Å². The number of thioether (sulfide) groups is 1. The maximum absolute atomic E-state index is 14.5. The number of ether oxygens (including phenoxy) is 1. The van der Waals surface area contributed by atoms with Gasteiger partial charge in [-0.2, -0.15) is 11.8 Å². The van der Waals surface area contributed by atoms with Gasteiger partial charge in [-0.3, -0.25) is 86.7 Å². The molecule has 0 spiro atoms. The van der Waals surface area contributed by atoms with Crippen LogP contribution in [0, 0.1) is 11.8 Å². The number of nitrogens with one attached hydrogen (secondary N) is 11. The highest BCUT2D eigenvalue weighted by molar-refractivity contribution is 7.98. The van der Waals surface area contributed by atoms with Gasteiger partial charge in [-0.05, 0) is 73.4 Å². The summed E-state index contributed by atoms with van der Waals surface area (Å²) in [5, 5.41) is 53.0. The SMILES string of the molecule is COc1cc(C(=O)NC(/C=C/C(N)=O)C(=O)NC(Cc2c[nH]c3ccccc23)C(=O)NC(C)C(=O)NC(C(=O)NCC(=O)NC(Cc2cnc[nH]2)C(=O)NC(CC(C)C)C(=O)NC(CCSC)C(N)=O)C(C)C)ccc1CNC(=O)CN1CCN(CC(=O)O)CCN(CC(=O)O)CCN(CC(=O)O)CC1. The van der Waals surface area contributed by atoms with Crippen molar-refractivity contribution in [2.45, 2.75) is 109 Å². The lowest BCUT2D eigenvalue weighted by Gasteiger charge is -2.32. The zero-order valence-electron chi connectivity index (χ0n) is 59.8. The van der Waals surface area contributed by atoms with Gasteiger partial charge in [0, 0.05) is 118 Å². The molecule has 1 fully saturated rings. The van der Waals surface area contributed by atoms with Crippen LogP contribution in [0.25, 0.3) is 10.9 Å². The number of aromatic amines is 2. The number of nitrogens with zero attached hydrogens (tertiary/aromatic N) is 5. The number of aromatic nitrogens is 3. The Labute approximate surface area is 610 Å². The first kappa shape index (κ1) is 85.1. The molecule has 1 aliphatic heterocycles. The third-order valence-corrected chi connectivity index (χ3v) is 17.5. The summed E-state index contributed by atoms with van der Waals surface area (Å²) in [7, 11) is 1.31. The zero-order chi connectivity index (χ0) is 77.4. The van der Waals surface area contributed by atoms with Crippen LogP contribution in [0.15, 0.2) is 73.3 Å². The number of hydrogen-bond donors (Lipinski definition) is 16. The van der Waals surface area contributed by atoms with Crippen LogP contribution in [-0.4, -0.2) is 279 Å². The molecule has 0 saturated carbocycles. The van der Waals surface area contributed by atoms with Gasteiger partial charge < -0.3 is 89.3 Å². The number of nitrogens with two attached hydrogens (primary N) is 2. The van der Waals surface area contributed by atoms with E-state index in [1.165, 1.54) is 56.5 Å². The Kier molecular flexibility index (Phi) is 34.8. The van der Waals surface area contributed by atoms with Crippen molar-refractivity contribution in [2.75, 3.05) is 104 Å². The van der Waals surface area contributed by atoms with Gasteiger partial charge >= 0.3 is 17.9 Å². The molecule has 5 rings (SSSR count). The number of hydrogen-bond acceptors (Lipinski definition) is 21. The average Bonchev–Trinajstić information content (AvgIpc) is 1.77. The van der Waals surface area contributed by atoms with E-state index in [-0.39, 0.29) is 128 Å². The van der Waals surface area contributed by atoms with Gasteiger partial charge in [0.1, 0.15) is 48.0 Å². The Morgan fingerprint density at radius 3 is 1.71 bits per heavy atom. The number of methoxy groups -OCH3 is 1. The number of H-pyrrole nitrogens is 2. The molecule has 3 heterocycles. The molecule has 4 aromatic rings. The molecule has 105 heavy (non-hydrogen) atoms. The summed E-state index contributed by atoms with van der Waals surface area (Å²) < 4.78 is 5.61. The van der Waals surface area contributed by atoms with Crippen molar-refractivity contribution < 1.29 is 87.2 Å². The molecule has 574 valence electrons. The first-order chi connectivity index (χ1) is 49.8. The fourth-order valence-electron chi connectivity index (χ4n) is 11.2. The number of primary amides is 2. The number of carbonyl (C=O) groups is 14. The Morgan fingerprint density at radius 1 is 0.610 bits per heavy atom. The molecule has 2 aromatic carbocycles. The number of carbonyl (C=O) groups excluding carboxylic acids is 11. The van der Waals surface area contributed by atoms with E-state index in [2.05, 4.69) is 62.8 Å². The van der Waals surface area contributed by atoms with Gasteiger partial charge in [-0.25, -0.2) is 4.98 Å². The van der Waals surface area contributed by atoms with Crippen molar-refractivity contribution in [3.05, 3.63) is 95.7 Å². The van der Waals surface area contributed by atoms with E-state index in [1.54, 1.807) is 63.9 Å². The summed E-state index contributed by atoms with van der Waals surface area (Å²) in [6.07, 6.45) is 8.14. The first-order valence-electron chi connectivity index (χ1n) is 34.0. The summed E-state index contributed by atoms with van der Waals surface area (Å²) in [6.45, 7) is 7.61. The third kappa shape index (κ3) is 29.6. The molecule has 7 atom stereocenters. The summed E-state index contributed by atoms with van der Waals surface area (Å²) in [5.74, 6) is -12.4. The number of carboxylic acids is 3. The molecular weight excluding hydrogens is 1390 g/mol. The van der Waals surface area contributed by atoms with E-state index in [0.717, 1.165) is 12.2 Å². The normalized spacial score (nSPS) is 15.6. The fraction of sp³-hybridized carbons (Fsp3) is 0.515. The Balaban J connectivity index is 1.27. The van der Waals surface area contributed by atoms with Crippen molar-refractivity contribution in [3.8, 4) is 5.75 Å². The number of rotatable bonds is 40. The molecule has 1 saturated heterocycles. The second-order valence-electron chi connectivity index (χ2n) is 25.9. The molecule has 0 radical (unpaired) electrons. The summed E-state index contributed by atoms with van der Waals surface area (Å²) in [5.41, 5.74) is 13.0. The average molecular weight is 1490 g/mol. The van der Waals surface area contributed by atoms with Gasteiger partial charge in [-0.15, -0.1) is 0 Å². The third-order valence-electron chi connectivity index (χ3n) is 16.8. The molecule has 18 N–H and O–H groups in total. The molecule has 0 aliphatic carbocycles. The van der Waals surface area contributed by atoms with Crippen LogP contribution < -0.4 is 64.1 Å². The predicted octanol–water partition coefficient (Wildman–Crippen LogP) is -3.40. The largest absolute Gasteiger partial charge is 0.496 e. The molecular formula is C68H98N18O18S. The summed E-state index contributed by atoms with van der Waals surface area (Å²) in [4.78, 5) is 202. The van der Waals surface area contributed by atoms with Crippen LogP contribution in [0.2, 0.25) is 0 Å². The van der Waals surface area contributed by atoms with Crippen molar-refractivity contribution in [1.82, 2.24) is 82.4 Å². The lowest BCUT2D eigenvalue weighted by Crippen LogP contribution is -2.59. The Hall–Kier alpha value is -10.5. The number of aliphatic carboxylic acids is 3. The van der Waals surface area contributed by atoms with Gasteiger partial charge in [0.25, 0.3) is 5.91 Å². The van der Waals surface area contributed by atoms with Crippen LogP contribution in [0.5, 0.6) is 5.75 Å². The van der Waals surface area contributed by atoms with Gasteiger partial charge in [0.15, 0.2) is 0 Å². The molecule has 2 aromatic heterocycles. The van der Waals surface area contributed by atoms with Crippen LogP contribution in [0.3, 0.4) is 0 Å². The van der Waals surface area contributed by atoms with E-state index in [4.69, 9.17) is 16.2 Å². The molecule has 0 bridgehead atoms.